The highest BCUT2D eigenvalue weighted by atomic mass is 35.5. The van der Waals surface area contributed by atoms with Crippen molar-refractivity contribution in [3.8, 4) is 0 Å². The molecule has 0 unspecified atom stereocenters. The molecule has 2 N–H and O–H groups in total. The Kier molecular flexibility index (Phi) is 7.12. The van der Waals surface area contributed by atoms with Gasteiger partial charge in [0.1, 0.15) is 0 Å². The maximum atomic E-state index is 12.0. The molecule has 26 heavy (non-hydrogen) atoms. The van der Waals surface area contributed by atoms with Gasteiger partial charge in [0.2, 0.25) is 11.8 Å². The van der Waals surface area contributed by atoms with Crippen LogP contribution < -0.4 is 10.6 Å². The second kappa shape index (κ2) is 9.10. The molecule has 0 atom stereocenters. The van der Waals surface area contributed by atoms with Crippen molar-refractivity contribution in [1.82, 2.24) is 0 Å². The summed E-state index contributed by atoms with van der Waals surface area (Å²) in [5, 5.41) is 6.19. The zero-order valence-corrected chi connectivity index (χ0v) is 16.7. The lowest BCUT2D eigenvalue weighted by Gasteiger charge is -2.17. The van der Waals surface area contributed by atoms with Crippen molar-refractivity contribution in [3.63, 3.8) is 0 Å². The van der Waals surface area contributed by atoms with Gasteiger partial charge in [-0.3, -0.25) is 9.59 Å². The molecule has 0 fully saturated rings. The van der Waals surface area contributed by atoms with Gasteiger partial charge in [0.05, 0.1) is 16.5 Å². The van der Waals surface area contributed by atoms with Gasteiger partial charge in [0, 0.05) is 17.0 Å². The van der Waals surface area contributed by atoms with E-state index >= 15 is 0 Å². The number of nitrogens with one attached hydrogen (secondary N) is 2. The molecule has 0 saturated heterocycles. The Morgan fingerprint density at radius 1 is 0.962 bits per heavy atom. The molecule has 0 aliphatic rings. The second-order valence-electron chi connectivity index (χ2n) is 7.13. The molecule has 0 bridgehead atoms. The van der Waals surface area contributed by atoms with Gasteiger partial charge in [-0.15, -0.1) is 11.8 Å². The standard InChI is InChI=1S/C20H23ClN2O2S/c1-20(2,3)12-18(24)22-14-8-10-15(11-9-14)26-13-19(25)23-17-7-5-4-6-16(17)21/h4-11H,12-13H2,1-3H3,(H,22,24)(H,23,25). The van der Waals surface area contributed by atoms with E-state index in [0.29, 0.717) is 17.1 Å². The Morgan fingerprint density at radius 2 is 1.62 bits per heavy atom. The highest BCUT2D eigenvalue weighted by Gasteiger charge is 2.15. The molecule has 0 aliphatic heterocycles. The molecule has 0 spiro atoms. The summed E-state index contributed by atoms with van der Waals surface area (Å²) in [5.41, 5.74) is 1.32. The maximum Gasteiger partial charge on any atom is 0.234 e. The van der Waals surface area contributed by atoms with Crippen LogP contribution in [0, 0.1) is 5.41 Å². The van der Waals surface area contributed by atoms with Crippen molar-refractivity contribution in [2.24, 2.45) is 5.41 Å². The normalized spacial score (nSPS) is 11.1. The molecule has 0 aromatic heterocycles. The molecule has 6 heteroatoms. The van der Waals surface area contributed by atoms with Gasteiger partial charge in [-0.2, -0.15) is 0 Å². The number of benzene rings is 2. The van der Waals surface area contributed by atoms with Crippen molar-refractivity contribution in [1.29, 1.82) is 0 Å². The number of para-hydroxylation sites is 1. The molecule has 0 saturated carbocycles. The first-order chi connectivity index (χ1) is 12.2. The van der Waals surface area contributed by atoms with Crippen molar-refractivity contribution in [2.75, 3.05) is 16.4 Å². The highest BCUT2D eigenvalue weighted by Crippen LogP contribution is 2.24. The van der Waals surface area contributed by atoms with E-state index in [1.54, 1.807) is 12.1 Å². The number of halogens is 1. The fourth-order valence-electron chi connectivity index (χ4n) is 2.22. The zero-order chi connectivity index (χ0) is 19.2. The van der Waals surface area contributed by atoms with Crippen LogP contribution in [0.4, 0.5) is 11.4 Å². The Hall–Kier alpha value is -1.98. The topological polar surface area (TPSA) is 58.2 Å². The minimum absolute atomic E-state index is 0.00276. The number of carbonyl (C=O) groups excluding carboxylic acids is 2. The lowest BCUT2D eigenvalue weighted by molar-refractivity contribution is -0.118. The van der Waals surface area contributed by atoms with Gasteiger partial charge in [0.15, 0.2) is 0 Å². The summed E-state index contributed by atoms with van der Waals surface area (Å²) in [6.07, 6.45) is 0.464. The first kappa shape index (κ1) is 20.3. The summed E-state index contributed by atoms with van der Waals surface area (Å²) in [5.74, 6) is 0.156. The minimum atomic E-state index is -0.120. The van der Waals surface area contributed by atoms with Crippen LogP contribution in [-0.2, 0) is 9.59 Å². The van der Waals surface area contributed by atoms with E-state index < -0.39 is 0 Å². The van der Waals surface area contributed by atoms with Crippen LogP contribution in [0.2, 0.25) is 5.02 Å². The lowest BCUT2D eigenvalue weighted by Crippen LogP contribution is -2.19. The average molecular weight is 391 g/mol. The van der Waals surface area contributed by atoms with E-state index in [1.807, 2.05) is 57.2 Å². The molecule has 2 aromatic carbocycles. The number of amides is 2. The van der Waals surface area contributed by atoms with Gasteiger partial charge in [0.25, 0.3) is 0 Å². The van der Waals surface area contributed by atoms with Gasteiger partial charge < -0.3 is 10.6 Å². The van der Waals surface area contributed by atoms with Crippen LogP contribution in [-0.4, -0.2) is 17.6 Å². The number of rotatable bonds is 6. The Balaban J connectivity index is 1.82. The Bertz CT molecular complexity index is 770. The number of thioether (sulfide) groups is 1. The first-order valence-electron chi connectivity index (χ1n) is 8.30. The summed E-state index contributed by atoms with van der Waals surface area (Å²) in [7, 11) is 0. The third-order valence-corrected chi connectivity index (χ3v) is 4.69. The molecule has 138 valence electrons. The fraction of sp³-hybridized carbons (Fsp3) is 0.300. The third-order valence-electron chi connectivity index (χ3n) is 3.35. The number of carbonyl (C=O) groups is 2. The summed E-state index contributed by atoms with van der Waals surface area (Å²) in [6.45, 7) is 6.08. The minimum Gasteiger partial charge on any atom is -0.326 e. The van der Waals surface area contributed by atoms with Crippen LogP contribution in [0.5, 0.6) is 0 Å². The largest absolute Gasteiger partial charge is 0.326 e. The predicted molar refractivity (Wildman–Crippen MR) is 110 cm³/mol. The number of hydrogen-bond donors (Lipinski definition) is 2. The predicted octanol–water partition coefficient (Wildman–Crippen LogP) is 5.45. The quantitative estimate of drug-likeness (QED) is 0.645. The molecule has 2 amide bonds. The summed E-state index contributed by atoms with van der Waals surface area (Å²) in [6, 6.07) is 14.6. The third kappa shape index (κ3) is 7.10. The second-order valence-corrected chi connectivity index (χ2v) is 8.58. The highest BCUT2D eigenvalue weighted by molar-refractivity contribution is 8.00. The lowest BCUT2D eigenvalue weighted by atomic mass is 9.92. The van der Waals surface area contributed by atoms with E-state index in [1.165, 1.54) is 11.8 Å². The van der Waals surface area contributed by atoms with E-state index in [0.717, 1.165) is 10.6 Å². The molecule has 4 nitrogen and oxygen atoms in total. The van der Waals surface area contributed by atoms with Crippen LogP contribution in [0.1, 0.15) is 27.2 Å². The molecule has 0 radical (unpaired) electrons. The van der Waals surface area contributed by atoms with Crippen LogP contribution in [0.15, 0.2) is 53.4 Å². The molecule has 0 aliphatic carbocycles. The Morgan fingerprint density at radius 3 is 2.23 bits per heavy atom. The van der Waals surface area contributed by atoms with E-state index in [4.69, 9.17) is 11.6 Å². The smallest absolute Gasteiger partial charge is 0.234 e. The maximum absolute atomic E-state index is 12.0. The molecule has 0 heterocycles. The van der Waals surface area contributed by atoms with Gasteiger partial charge in [-0.05, 0) is 41.8 Å². The van der Waals surface area contributed by atoms with E-state index in [9.17, 15) is 9.59 Å². The van der Waals surface area contributed by atoms with E-state index in [2.05, 4.69) is 10.6 Å². The molecule has 2 rings (SSSR count). The summed E-state index contributed by atoms with van der Waals surface area (Å²) in [4.78, 5) is 24.9. The molecule has 2 aromatic rings. The molecular weight excluding hydrogens is 368 g/mol. The van der Waals surface area contributed by atoms with Crippen molar-refractivity contribution < 1.29 is 9.59 Å². The zero-order valence-electron chi connectivity index (χ0n) is 15.1. The van der Waals surface area contributed by atoms with Crippen LogP contribution >= 0.6 is 23.4 Å². The molecular formula is C20H23ClN2O2S. The summed E-state index contributed by atoms with van der Waals surface area (Å²) >= 11 is 7.45. The van der Waals surface area contributed by atoms with Crippen LogP contribution in [0.3, 0.4) is 0 Å². The van der Waals surface area contributed by atoms with Crippen LogP contribution in [0.25, 0.3) is 0 Å². The monoisotopic (exact) mass is 390 g/mol. The fourth-order valence-corrected chi connectivity index (χ4v) is 3.10. The Labute approximate surface area is 163 Å². The SMILES string of the molecule is CC(C)(C)CC(=O)Nc1ccc(SCC(=O)Nc2ccccc2Cl)cc1. The number of anilines is 2. The summed E-state index contributed by atoms with van der Waals surface area (Å²) < 4.78 is 0. The van der Waals surface area contributed by atoms with Gasteiger partial charge in [-0.1, -0.05) is 44.5 Å². The van der Waals surface area contributed by atoms with Gasteiger partial charge >= 0.3 is 0 Å². The van der Waals surface area contributed by atoms with Crippen molar-refractivity contribution in [2.45, 2.75) is 32.1 Å². The number of hydrogen-bond acceptors (Lipinski definition) is 3. The van der Waals surface area contributed by atoms with Gasteiger partial charge in [-0.25, -0.2) is 0 Å². The first-order valence-corrected chi connectivity index (χ1v) is 9.66. The average Bonchev–Trinajstić information content (AvgIpc) is 2.54. The van der Waals surface area contributed by atoms with E-state index in [-0.39, 0.29) is 23.0 Å². The van der Waals surface area contributed by atoms with Crippen molar-refractivity contribution in [3.05, 3.63) is 53.6 Å². The van der Waals surface area contributed by atoms with Crippen molar-refractivity contribution >= 4 is 46.6 Å².